The summed E-state index contributed by atoms with van der Waals surface area (Å²) in [6.45, 7) is 4.36. The Morgan fingerprint density at radius 2 is 1.58 bits per heavy atom. The quantitative estimate of drug-likeness (QED) is 0.419. The van der Waals surface area contributed by atoms with Crippen molar-refractivity contribution in [2.45, 2.75) is 6.42 Å². The van der Waals surface area contributed by atoms with E-state index in [1.54, 1.807) is 0 Å². The fourth-order valence-electron chi connectivity index (χ4n) is 0.340. The number of hydrogen-bond donors (Lipinski definition) is 0. The van der Waals surface area contributed by atoms with Crippen molar-refractivity contribution >= 4 is 38.7 Å². The van der Waals surface area contributed by atoms with Gasteiger partial charge in [-0.25, -0.2) is 12.2 Å². The summed E-state index contributed by atoms with van der Waals surface area (Å²) in [5, 5.41) is 0. The van der Waals surface area contributed by atoms with Gasteiger partial charge in [-0.15, -0.1) is 31.2 Å². The molecule has 0 saturated carbocycles. The second-order valence-electron chi connectivity index (χ2n) is 1.25. The van der Waals surface area contributed by atoms with Crippen molar-refractivity contribution in [3.8, 4) is 0 Å². The second kappa shape index (κ2) is 29.4. The van der Waals surface area contributed by atoms with Gasteiger partial charge in [-0.2, -0.15) is 6.08 Å². The number of rotatable bonds is 0. The van der Waals surface area contributed by atoms with E-state index in [1.807, 2.05) is 12.2 Å². The van der Waals surface area contributed by atoms with Gasteiger partial charge in [0.1, 0.15) is 0 Å². The minimum absolute atomic E-state index is 0. The average Bonchev–Trinajstić information content (AvgIpc) is 2.17. The fourth-order valence-corrected chi connectivity index (χ4v) is 0.340. The van der Waals surface area contributed by atoms with Gasteiger partial charge in [0.25, 0.3) is 0 Å². The van der Waals surface area contributed by atoms with Crippen LogP contribution in [-0.4, -0.2) is 13.9 Å². The molecule has 0 heterocycles. The Bertz CT molecular complexity index is 130. The van der Waals surface area contributed by atoms with Crippen molar-refractivity contribution < 1.29 is 20.2 Å². The topological polar surface area (TPSA) is 0 Å². The van der Waals surface area contributed by atoms with E-state index in [-0.39, 0.29) is 59.8 Å². The molecule has 0 fully saturated rings. The van der Waals surface area contributed by atoms with Gasteiger partial charge in [0.2, 0.25) is 0 Å². The normalized spacial score (nSPS) is 8.00. The van der Waals surface area contributed by atoms with Gasteiger partial charge >= 0.3 is 34.0 Å². The molecular weight excluding hydrogens is 390 g/mol. The Morgan fingerprint density at radius 3 is 1.67 bits per heavy atom. The Labute approximate surface area is 104 Å². The summed E-state index contributed by atoms with van der Waals surface area (Å²) in [6, 6.07) is 0. The molecule has 1 aliphatic carbocycles. The molecule has 0 aromatic carbocycles. The molecular formula is C7H17Cl2HfSi2-3. The first-order valence-electron chi connectivity index (χ1n) is 2.42. The summed E-state index contributed by atoms with van der Waals surface area (Å²) in [6.07, 6.45) is 10.0. The monoisotopic (exact) mass is 407 g/mol. The third kappa shape index (κ3) is 30.1. The molecule has 0 atom stereocenters. The van der Waals surface area contributed by atoms with Crippen molar-refractivity contribution in [3.63, 3.8) is 0 Å². The van der Waals surface area contributed by atoms with E-state index < -0.39 is 0 Å². The van der Waals surface area contributed by atoms with Gasteiger partial charge in [0, 0.05) is 0 Å². The van der Waals surface area contributed by atoms with Crippen molar-refractivity contribution in [1.82, 2.24) is 0 Å². The number of allylic oxidation sites excluding steroid dienone is 4. The van der Waals surface area contributed by atoms with Crippen LogP contribution < -0.4 is 0 Å². The first kappa shape index (κ1) is 29.2. The predicted molar refractivity (Wildman–Crippen MR) is 66.0 cm³/mol. The summed E-state index contributed by atoms with van der Waals surface area (Å²) in [7, 11) is 0. The Hall–Kier alpha value is 1.36. The average molecular weight is 407 g/mol. The molecule has 5 heteroatoms. The second-order valence-corrected chi connectivity index (χ2v) is 19.4. The summed E-state index contributed by atoms with van der Waals surface area (Å²) in [4.78, 5) is 0. The zero-order valence-corrected chi connectivity index (χ0v) is 15.7. The van der Waals surface area contributed by atoms with E-state index in [0.29, 0.717) is 0 Å². The first-order valence-corrected chi connectivity index (χ1v) is 19.1. The number of halogens is 2. The van der Waals surface area contributed by atoms with Crippen LogP contribution in [0.25, 0.3) is 0 Å². The third-order valence-corrected chi connectivity index (χ3v) is 0.586. The van der Waals surface area contributed by atoms with Crippen molar-refractivity contribution in [2.24, 2.45) is 0 Å². The molecule has 0 aromatic heterocycles. The van der Waals surface area contributed by atoms with Gasteiger partial charge in [0.05, 0.1) is 0 Å². The molecule has 1 rings (SSSR count). The maximum atomic E-state index is 2.99. The summed E-state index contributed by atoms with van der Waals surface area (Å²) in [5.41, 5.74) is 0. The zero-order valence-electron chi connectivity index (χ0n) is 7.67. The predicted octanol–water partition coefficient (Wildman–Crippen LogP) is 1.21. The van der Waals surface area contributed by atoms with Crippen LogP contribution in [0.5, 0.6) is 0 Å². The van der Waals surface area contributed by atoms with Crippen LogP contribution in [0.1, 0.15) is 6.42 Å². The molecule has 0 bridgehead atoms. The summed E-state index contributed by atoms with van der Waals surface area (Å²) < 4.78 is 0. The van der Waals surface area contributed by atoms with Crippen molar-refractivity contribution in [2.75, 3.05) is 0 Å². The van der Waals surface area contributed by atoms with E-state index in [1.165, 1.54) is 0 Å². The van der Waals surface area contributed by atoms with E-state index in [2.05, 4.69) is 26.0 Å². The van der Waals surface area contributed by atoms with Crippen LogP contribution in [-0.2, 0) is 20.2 Å². The molecule has 0 aliphatic heterocycles. The molecule has 0 N–H and O–H groups in total. The van der Waals surface area contributed by atoms with Gasteiger partial charge < -0.3 is 14.9 Å². The molecule has 0 spiro atoms. The molecule has 0 nitrogen and oxygen atoms in total. The first-order chi connectivity index (χ1) is 3.91. The van der Waals surface area contributed by atoms with Crippen molar-refractivity contribution in [1.29, 1.82) is 0 Å². The Morgan fingerprint density at radius 1 is 1.17 bits per heavy atom. The molecule has 0 unspecified atom stereocenters. The Kier molecular flexibility index (Phi) is 71.7. The van der Waals surface area contributed by atoms with Crippen molar-refractivity contribution in [3.05, 3.63) is 39.2 Å². The van der Waals surface area contributed by atoms with Gasteiger partial charge in [-0.05, 0) is 0 Å². The third-order valence-electron chi connectivity index (χ3n) is 0.586. The van der Waals surface area contributed by atoms with E-state index in [4.69, 9.17) is 0 Å². The molecule has 1 aliphatic rings. The van der Waals surface area contributed by atoms with Crippen LogP contribution in [0.4, 0.5) is 0 Å². The van der Waals surface area contributed by atoms with Gasteiger partial charge in [0.15, 0.2) is 0 Å². The Balaban J connectivity index is -0.0000000219. The van der Waals surface area contributed by atoms with E-state index >= 15 is 0 Å². The van der Waals surface area contributed by atoms with Crippen LogP contribution in [0.2, 0.25) is 0 Å². The minimum atomic E-state index is 0. The molecule has 0 radical (unpaired) electrons. The number of hydrogen-bond acceptors (Lipinski definition) is 0. The van der Waals surface area contributed by atoms with Crippen LogP contribution in [0.15, 0.2) is 18.2 Å². The van der Waals surface area contributed by atoms with Crippen LogP contribution in [0, 0.1) is 20.9 Å². The molecule has 0 amide bonds. The maximum absolute atomic E-state index is 2.99. The molecule has 0 aromatic rings. The summed E-state index contributed by atoms with van der Waals surface area (Å²) in [5.74, 6) is 0. The van der Waals surface area contributed by atoms with Gasteiger partial charge in [-0.3, -0.25) is 6.08 Å². The fraction of sp³-hybridized carbons (Fsp3) is 0.143. The van der Waals surface area contributed by atoms with Crippen LogP contribution in [0.3, 0.4) is 0 Å². The van der Waals surface area contributed by atoms with Crippen LogP contribution >= 0.6 is 24.8 Å². The summed E-state index contributed by atoms with van der Waals surface area (Å²) >= 11 is 0.139. The van der Waals surface area contributed by atoms with E-state index in [0.717, 1.165) is 6.42 Å². The standard InChI is InChI=1S/C5H5.2CH3.2ClH.Hf.2H2Si/c1-2-4-5-3-1;;;;;;;/h1-3H,4H2;2*1H3;2*1H;;2*1H2/q3*-1;;;;;. The van der Waals surface area contributed by atoms with Gasteiger partial charge in [-0.1, -0.05) is 0 Å². The zero-order chi connectivity index (χ0) is 6.24. The molecule has 0 saturated heterocycles. The van der Waals surface area contributed by atoms with E-state index in [9.17, 15) is 0 Å². The molecule has 74 valence electrons. The SMILES string of the molecule is Cl.Cl.[C-]1=CC=CC1.[CH3-].[CH3-].[SiH2]=[Hf]=[SiH2]. The molecule has 12 heavy (non-hydrogen) atoms.